The third-order valence-corrected chi connectivity index (χ3v) is 4.00. The molecule has 0 radical (unpaired) electrons. The number of anilines is 1. The molecule has 0 aliphatic rings. The molecule has 0 spiro atoms. The molecule has 0 aliphatic heterocycles. The highest BCUT2D eigenvalue weighted by atomic mass is 15.1. The highest BCUT2D eigenvalue weighted by Crippen LogP contribution is 2.27. The lowest BCUT2D eigenvalue weighted by molar-refractivity contribution is 1.13. The maximum atomic E-state index is 4.53. The number of aromatic nitrogens is 2. The second-order valence-corrected chi connectivity index (χ2v) is 6.07. The lowest BCUT2D eigenvalue weighted by atomic mass is 10.0. The first-order chi connectivity index (χ1) is 12.6. The van der Waals surface area contributed by atoms with E-state index in [1.54, 1.807) is 6.08 Å². The molecule has 0 unspecified atom stereocenters. The van der Waals surface area contributed by atoms with Crippen molar-refractivity contribution < 1.29 is 0 Å². The van der Waals surface area contributed by atoms with Crippen LogP contribution in [0.4, 0.5) is 5.69 Å². The summed E-state index contributed by atoms with van der Waals surface area (Å²) in [6.07, 6.45) is 13.6. The number of allylic oxidation sites excluding steroid dienone is 4. The van der Waals surface area contributed by atoms with Crippen LogP contribution < -0.4 is 4.90 Å². The summed E-state index contributed by atoms with van der Waals surface area (Å²) in [5, 5.41) is 1.12. The zero-order chi connectivity index (χ0) is 18.9. The molecule has 1 N–H and O–H groups in total. The van der Waals surface area contributed by atoms with E-state index in [4.69, 9.17) is 0 Å². The molecule has 3 heteroatoms. The number of nitrogens with zero attached hydrogens (tertiary/aromatic N) is 2. The van der Waals surface area contributed by atoms with Crippen LogP contribution in [0.25, 0.3) is 28.2 Å². The molecule has 0 aliphatic carbocycles. The molecule has 0 saturated carbocycles. The Balaban J connectivity index is 0.000000552. The van der Waals surface area contributed by atoms with E-state index >= 15 is 0 Å². The van der Waals surface area contributed by atoms with Crippen LogP contribution in [0.15, 0.2) is 73.6 Å². The average Bonchev–Trinajstić information content (AvgIpc) is 3.08. The van der Waals surface area contributed by atoms with Gasteiger partial charge in [-0.05, 0) is 37.6 Å². The summed E-state index contributed by atoms with van der Waals surface area (Å²) in [5.41, 5.74) is 5.48. The first-order valence-corrected chi connectivity index (χ1v) is 8.72. The van der Waals surface area contributed by atoms with Gasteiger partial charge in [-0.3, -0.25) is 0 Å². The van der Waals surface area contributed by atoms with Gasteiger partial charge < -0.3 is 9.88 Å². The fourth-order valence-electron chi connectivity index (χ4n) is 2.45. The van der Waals surface area contributed by atoms with Gasteiger partial charge in [0.05, 0.1) is 0 Å². The molecule has 134 valence electrons. The average molecular weight is 345 g/mol. The molecular weight excluding hydrogens is 318 g/mol. The predicted molar refractivity (Wildman–Crippen MR) is 116 cm³/mol. The Morgan fingerprint density at radius 2 is 1.85 bits per heavy atom. The quantitative estimate of drug-likeness (QED) is 0.459. The maximum absolute atomic E-state index is 4.53. The van der Waals surface area contributed by atoms with E-state index in [-0.39, 0.29) is 0 Å². The molecule has 1 aromatic carbocycles. The Morgan fingerprint density at radius 1 is 1.08 bits per heavy atom. The lowest BCUT2D eigenvalue weighted by Gasteiger charge is -2.13. The van der Waals surface area contributed by atoms with Crippen molar-refractivity contribution >= 4 is 22.8 Å². The van der Waals surface area contributed by atoms with E-state index < -0.39 is 0 Å². The zero-order valence-corrected chi connectivity index (χ0v) is 16.0. The van der Waals surface area contributed by atoms with Crippen LogP contribution in [-0.4, -0.2) is 24.1 Å². The third kappa shape index (κ3) is 4.73. The Hall–Kier alpha value is -3.07. The molecular formula is C23H27N3. The van der Waals surface area contributed by atoms with Gasteiger partial charge in [-0.25, -0.2) is 4.98 Å². The van der Waals surface area contributed by atoms with Crippen LogP contribution in [0.1, 0.15) is 19.4 Å². The second-order valence-electron chi connectivity index (χ2n) is 6.07. The first kappa shape index (κ1) is 19.3. The molecule has 0 atom stereocenters. The fourth-order valence-corrected chi connectivity index (χ4v) is 2.45. The minimum Gasteiger partial charge on any atom is -0.378 e. The molecule has 0 amide bonds. The Labute approximate surface area is 156 Å². The molecule has 0 bridgehead atoms. The van der Waals surface area contributed by atoms with E-state index in [0.29, 0.717) is 0 Å². The minimum atomic E-state index is 0.899. The highest BCUT2D eigenvalue weighted by Gasteiger charge is 2.06. The van der Waals surface area contributed by atoms with Crippen LogP contribution in [0.2, 0.25) is 0 Å². The lowest BCUT2D eigenvalue weighted by Crippen LogP contribution is -2.08. The summed E-state index contributed by atoms with van der Waals surface area (Å²) < 4.78 is 0. The van der Waals surface area contributed by atoms with E-state index in [1.807, 2.05) is 64.6 Å². The number of aromatic amines is 1. The van der Waals surface area contributed by atoms with Crippen molar-refractivity contribution in [3.05, 3.63) is 79.2 Å². The van der Waals surface area contributed by atoms with Gasteiger partial charge in [0, 0.05) is 48.7 Å². The molecule has 3 aromatic rings. The molecule has 0 saturated heterocycles. The molecule has 0 fully saturated rings. The van der Waals surface area contributed by atoms with Crippen LogP contribution in [-0.2, 0) is 0 Å². The van der Waals surface area contributed by atoms with Crippen molar-refractivity contribution in [2.45, 2.75) is 13.8 Å². The molecule has 3 nitrogen and oxygen atoms in total. The SMILES string of the molecule is C/C=C\C.C=C/C=C/c1c[nH]c2ncc(-c3cccc(N(C)C)c3)cc12. The fraction of sp³-hybridized carbons (Fsp3) is 0.174. The van der Waals surface area contributed by atoms with Crippen LogP contribution in [0.5, 0.6) is 0 Å². The molecule has 2 heterocycles. The summed E-state index contributed by atoms with van der Waals surface area (Å²) in [5.74, 6) is 0. The number of nitrogens with one attached hydrogen (secondary N) is 1. The van der Waals surface area contributed by atoms with Gasteiger partial charge in [-0.15, -0.1) is 0 Å². The van der Waals surface area contributed by atoms with Crippen LogP contribution in [0.3, 0.4) is 0 Å². The number of pyridine rings is 1. The Bertz CT molecular complexity index is 910. The topological polar surface area (TPSA) is 31.9 Å². The third-order valence-electron chi connectivity index (χ3n) is 4.00. The molecule has 26 heavy (non-hydrogen) atoms. The number of hydrogen-bond acceptors (Lipinski definition) is 2. The smallest absolute Gasteiger partial charge is 0.137 e. The van der Waals surface area contributed by atoms with Crippen molar-refractivity contribution in [2.75, 3.05) is 19.0 Å². The normalized spacial score (nSPS) is 10.9. The molecule has 2 aromatic heterocycles. The number of rotatable bonds is 4. The van der Waals surface area contributed by atoms with E-state index in [2.05, 4.69) is 51.8 Å². The number of hydrogen-bond donors (Lipinski definition) is 1. The van der Waals surface area contributed by atoms with Gasteiger partial charge >= 0.3 is 0 Å². The van der Waals surface area contributed by atoms with Crippen LogP contribution >= 0.6 is 0 Å². The van der Waals surface area contributed by atoms with E-state index in [0.717, 1.165) is 22.2 Å². The van der Waals surface area contributed by atoms with Crippen LogP contribution in [0, 0.1) is 0 Å². The van der Waals surface area contributed by atoms with Gasteiger partial charge in [0.15, 0.2) is 0 Å². The standard InChI is InChI=1S/C19H19N3.C4H8/c1-4-5-7-15-12-20-19-18(15)11-16(13-21-19)14-8-6-9-17(10-14)22(2)3;1-3-4-2/h4-13H,1H2,2-3H3,(H,20,21);3-4H,1-2H3/b7-5+;4-3-. The summed E-state index contributed by atoms with van der Waals surface area (Å²) in [7, 11) is 4.09. The van der Waals surface area contributed by atoms with Crippen molar-refractivity contribution in [2.24, 2.45) is 0 Å². The van der Waals surface area contributed by atoms with Gasteiger partial charge in [-0.1, -0.05) is 49.1 Å². The number of H-pyrrole nitrogens is 1. The molecule has 3 rings (SSSR count). The summed E-state index contributed by atoms with van der Waals surface area (Å²) >= 11 is 0. The second kappa shape index (κ2) is 9.42. The Kier molecular flexibility index (Phi) is 6.98. The first-order valence-electron chi connectivity index (χ1n) is 8.72. The number of fused-ring (bicyclic) bond motifs is 1. The maximum Gasteiger partial charge on any atom is 0.137 e. The van der Waals surface area contributed by atoms with Crippen molar-refractivity contribution in [1.82, 2.24) is 9.97 Å². The number of benzene rings is 1. The van der Waals surface area contributed by atoms with E-state index in [1.165, 1.54) is 11.3 Å². The van der Waals surface area contributed by atoms with Gasteiger partial charge in [-0.2, -0.15) is 0 Å². The summed E-state index contributed by atoms with van der Waals surface area (Å²) in [6.45, 7) is 7.71. The Morgan fingerprint density at radius 3 is 2.50 bits per heavy atom. The zero-order valence-electron chi connectivity index (χ0n) is 16.0. The van der Waals surface area contributed by atoms with Crippen molar-refractivity contribution in [3.8, 4) is 11.1 Å². The van der Waals surface area contributed by atoms with Gasteiger partial charge in [0.25, 0.3) is 0 Å². The largest absolute Gasteiger partial charge is 0.378 e. The van der Waals surface area contributed by atoms with Crippen molar-refractivity contribution in [3.63, 3.8) is 0 Å². The summed E-state index contributed by atoms with van der Waals surface area (Å²) in [6, 6.07) is 10.6. The van der Waals surface area contributed by atoms with E-state index in [9.17, 15) is 0 Å². The predicted octanol–water partition coefficient (Wildman–Crippen LogP) is 6.08. The van der Waals surface area contributed by atoms with Gasteiger partial charge in [0.1, 0.15) is 5.65 Å². The van der Waals surface area contributed by atoms with Crippen molar-refractivity contribution in [1.29, 1.82) is 0 Å². The highest BCUT2D eigenvalue weighted by molar-refractivity contribution is 5.89. The minimum absolute atomic E-state index is 0.899. The summed E-state index contributed by atoms with van der Waals surface area (Å²) in [4.78, 5) is 9.83. The monoisotopic (exact) mass is 345 g/mol. The van der Waals surface area contributed by atoms with Gasteiger partial charge in [0.2, 0.25) is 0 Å².